The molecule has 2 aliphatic rings. The van der Waals surface area contributed by atoms with Gasteiger partial charge in [-0.25, -0.2) is 4.79 Å². The molecule has 5 heteroatoms. The first-order valence-corrected chi connectivity index (χ1v) is 6.79. The number of aliphatic carboxylic acids is 1. The number of likely N-dealkylation sites (tertiary alicyclic amines) is 1. The van der Waals surface area contributed by atoms with Crippen LogP contribution in [-0.4, -0.2) is 41.0 Å². The van der Waals surface area contributed by atoms with Crippen molar-refractivity contribution in [2.45, 2.75) is 38.6 Å². The van der Waals surface area contributed by atoms with Crippen LogP contribution in [-0.2, 0) is 9.59 Å². The molecule has 4 atom stereocenters. The number of carboxylic acid groups (broad SMARTS) is 1. The van der Waals surface area contributed by atoms with Crippen molar-refractivity contribution in [2.75, 3.05) is 13.1 Å². The lowest BCUT2D eigenvalue weighted by atomic mass is 9.94. The highest BCUT2D eigenvalue weighted by Crippen LogP contribution is 2.35. The van der Waals surface area contributed by atoms with E-state index in [0.29, 0.717) is 13.1 Å². The van der Waals surface area contributed by atoms with Crippen molar-refractivity contribution >= 4 is 11.9 Å². The van der Waals surface area contributed by atoms with E-state index in [1.165, 1.54) is 0 Å². The third-order valence-corrected chi connectivity index (χ3v) is 4.52. The molecular formula is C13H22N2O3. The Kier molecular flexibility index (Phi) is 3.90. The van der Waals surface area contributed by atoms with Crippen LogP contribution in [0.1, 0.15) is 32.6 Å². The molecule has 0 aromatic carbocycles. The van der Waals surface area contributed by atoms with Crippen LogP contribution in [0.15, 0.2) is 0 Å². The summed E-state index contributed by atoms with van der Waals surface area (Å²) in [5.74, 6) is -0.635. The van der Waals surface area contributed by atoms with Gasteiger partial charge in [0.2, 0.25) is 5.91 Å². The second-order valence-electron chi connectivity index (χ2n) is 5.61. The molecule has 0 radical (unpaired) electrons. The molecule has 4 unspecified atom stereocenters. The van der Waals surface area contributed by atoms with Gasteiger partial charge < -0.3 is 15.7 Å². The Labute approximate surface area is 107 Å². The SMILES string of the molecule is CC1CCN(C(=O)C2CCCC2CN)C1C(=O)O. The van der Waals surface area contributed by atoms with Crippen molar-refractivity contribution in [3.05, 3.63) is 0 Å². The van der Waals surface area contributed by atoms with Crippen LogP contribution in [0, 0.1) is 17.8 Å². The van der Waals surface area contributed by atoms with Gasteiger partial charge in [-0.05, 0) is 37.6 Å². The van der Waals surface area contributed by atoms with Gasteiger partial charge in [0.05, 0.1) is 0 Å². The molecule has 0 bridgehead atoms. The average Bonchev–Trinajstić information content (AvgIpc) is 2.93. The summed E-state index contributed by atoms with van der Waals surface area (Å²) in [5, 5.41) is 9.25. The van der Waals surface area contributed by atoms with E-state index < -0.39 is 12.0 Å². The highest BCUT2D eigenvalue weighted by molar-refractivity contribution is 5.86. The minimum absolute atomic E-state index is 0.0136. The number of rotatable bonds is 3. The Bertz CT molecular complexity index is 345. The normalized spacial score (nSPS) is 36.0. The minimum atomic E-state index is -0.879. The molecule has 3 N–H and O–H groups in total. The summed E-state index contributed by atoms with van der Waals surface area (Å²) in [6, 6.07) is -0.642. The van der Waals surface area contributed by atoms with Gasteiger partial charge in [0.1, 0.15) is 6.04 Å². The van der Waals surface area contributed by atoms with Crippen molar-refractivity contribution in [1.82, 2.24) is 4.90 Å². The summed E-state index contributed by atoms with van der Waals surface area (Å²) in [4.78, 5) is 25.3. The number of hydrogen-bond acceptors (Lipinski definition) is 3. The van der Waals surface area contributed by atoms with Gasteiger partial charge in [-0.3, -0.25) is 4.79 Å². The number of amides is 1. The van der Waals surface area contributed by atoms with E-state index in [1.807, 2.05) is 6.92 Å². The topological polar surface area (TPSA) is 83.6 Å². The monoisotopic (exact) mass is 254 g/mol. The number of nitrogens with zero attached hydrogens (tertiary/aromatic N) is 1. The number of carbonyl (C=O) groups is 2. The van der Waals surface area contributed by atoms with Crippen LogP contribution >= 0.6 is 0 Å². The standard InChI is InChI=1S/C13H22N2O3/c1-8-5-6-15(11(8)13(17)18)12(16)10-4-2-3-9(10)7-14/h8-11H,2-7,14H2,1H3,(H,17,18). The third-order valence-electron chi connectivity index (χ3n) is 4.52. The maximum absolute atomic E-state index is 12.5. The van der Waals surface area contributed by atoms with Crippen molar-refractivity contribution in [3.8, 4) is 0 Å². The molecule has 18 heavy (non-hydrogen) atoms. The lowest BCUT2D eigenvalue weighted by Gasteiger charge is -2.28. The smallest absolute Gasteiger partial charge is 0.326 e. The van der Waals surface area contributed by atoms with Gasteiger partial charge in [0, 0.05) is 12.5 Å². The average molecular weight is 254 g/mol. The fraction of sp³-hybridized carbons (Fsp3) is 0.846. The molecule has 1 amide bonds. The van der Waals surface area contributed by atoms with E-state index in [9.17, 15) is 14.7 Å². The number of carbonyl (C=O) groups excluding carboxylic acids is 1. The number of nitrogens with two attached hydrogens (primary N) is 1. The van der Waals surface area contributed by atoms with Crippen molar-refractivity contribution in [2.24, 2.45) is 23.5 Å². The third kappa shape index (κ3) is 2.23. The number of carboxylic acids is 1. The Morgan fingerprint density at radius 1 is 1.33 bits per heavy atom. The van der Waals surface area contributed by atoms with Gasteiger partial charge in [0.25, 0.3) is 0 Å². The van der Waals surface area contributed by atoms with Crippen LogP contribution in [0.3, 0.4) is 0 Å². The molecule has 1 heterocycles. The molecule has 1 saturated heterocycles. The summed E-state index contributed by atoms with van der Waals surface area (Å²) in [6.45, 7) is 3.00. The summed E-state index contributed by atoms with van der Waals surface area (Å²) in [6.07, 6.45) is 3.66. The highest BCUT2D eigenvalue weighted by Gasteiger charge is 2.43. The molecule has 2 fully saturated rings. The fourth-order valence-electron chi connectivity index (χ4n) is 3.43. The van der Waals surface area contributed by atoms with E-state index in [0.717, 1.165) is 25.7 Å². The summed E-state index contributed by atoms with van der Waals surface area (Å²) in [5.41, 5.74) is 5.70. The first kappa shape index (κ1) is 13.3. The van der Waals surface area contributed by atoms with Gasteiger partial charge in [0.15, 0.2) is 0 Å². The van der Waals surface area contributed by atoms with E-state index in [4.69, 9.17) is 5.73 Å². The summed E-state index contributed by atoms with van der Waals surface area (Å²) >= 11 is 0. The van der Waals surface area contributed by atoms with Crippen LogP contribution in [0.2, 0.25) is 0 Å². The van der Waals surface area contributed by atoms with Gasteiger partial charge in [-0.15, -0.1) is 0 Å². The Morgan fingerprint density at radius 3 is 2.67 bits per heavy atom. The second-order valence-corrected chi connectivity index (χ2v) is 5.61. The minimum Gasteiger partial charge on any atom is -0.480 e. The van der Waals surface area contributed by atoms with Crippen LogP contribution < -0.4 is 5.73 Å². The van der Waals surface area contributed by atoms with Crippen LogP contribution in [0.25, 0.3) is 0 Å². The van der Waals surface area contributed by atoms with Crippen molar-refractivity contribution in [1.29, 1.82) is 0 Å². The first-order valence-electron chi connectivity index (χ1n) is 6.79. The predicted octanol–water partition coefficient (Wildman–Crippen LogP) is 0.683. The maximum atomic E-state index is 12.5. The largest absolute Gasteiger partial charge is 0.480 e. The molecule has 1 aliphatic carbocycles. The quantitative estimate of drug-likeness (QED) is 0.776. The predicted molar refractivity (Wildman–Crippen MR) is 66.8 cm³/mol. The molecule has 2 rings (SSSR count). The van der Waals surface area contributed by atoms with Gasteiger partial charge >= 0.3 is 5.97 Å². The molecule has 0 aromatic heterocycles. The summed E-state index contributed by atoms with van der Waals surface area (Å²) < 4.78 is 0. The second kappa shape index (κ2) is 5.26. The molecule has 1 saturated carbocycles. The van der Waals surface area contributed by atoms with E-state index in [1.54, 1.807) is 4.90 Å². The van der Waals surface area contributed by atoms with Crippen molar-refractivity contribution in [3.63, 3.8) is 0 Å². The highest BCUT2D eigenvalue weighted by atomic mass is 16.4. The van der Waals surface area contributed by atoms with Crippen LogP contribution in [0.4, 0.5) is 0 Å². The number of hydrogen-bond donors (Lipinski definition) is 2. The van der Waals surface area contributed by atoms with Gasteiger partial charge in [-0.1, -0.05) is 13.3 Å². The Morgan fingerprint density at radius 2 is 2.06 bits per heavy atom. The lowest BCUT2D eigenvalue weighted by molar-refractivity contribution is -0.151. The Hall–Kier alpha value is -1.10. The van der Waals surface area contributed by atoms with E-state index in [2.05, 4.69) is 0 Å². The molecule has 102 valence electrons. The summed E-state index contributed by atoms with van der Waals surface area (Å²) in [7, 11) is 0. The van der Waals surface area contributed by atoms with Crippen LogP contribution in [0.5, 0.6) is 0 Å². The molecule has 0 aromatic rings. The maximum Gasteiger partial charge on any atom is 0.326 e. The van der Waals surface area contributed by atoms with Gasteiger partial charge in [-0.2, -0.15) is 0 Å². The molecule has 1 aliphatic heterocycles. The zero-order valence-corrected chi connectivity index (χ0v) is 10.8. The lowest BCUT2D eigenvalue weighted by Crippen LogP contribution is -2.46. The Balaban J connectivity index is 2.11. The first-order chi connectivity index (χ1) is 8.56. The van der Waals surface area contributed by atoms with Crippen molar-refractivity contribution < 1.29 is 14.7 Å². The molecule has 0 spiro atoms. The fourth-order valence-corrected chi connectivity index (χ4v) is 3.43. The van der Waals surface area contributed by atoms with E-state index in [-0.39, 0.29) is 23.7 Å². The van der Waals surface area contributed by atoms with E-state index >= 15 is 0 Å². The molecule has 5 nitrogen and oxygen atoms in total. The zero-order valence-electron chi connectivity index (χ0n) is 10.8. The zero-order chi connectivity index (χ0) is 13.3. The molecular weight excluding hydrogens is 232 g/mol.